The van der Waals surface area contributed by atoms with Crippen LogP contribution in [-0.2, 0) is 4.74 Å². The van der Waals surface area contributed by atoms with E-state index in [2.05, 4.69) is 0 Å². The first-order chi connectivity index (χ1) is 9.01. The van der Waals surface area contributed by atoms with Crippen LogP contribution in [0.4, 0.5) is 5.69 Å². The Hall–Kier alpha value is -1.95. The Labute approximate surface area is 114 Å². The van der Waals surface area contributed by atoms with Gasteiger partial charge in [0.05, 0.1) is 22.7 Å². The van der Waals surface area contributed by atoms with Crippen LogP contribution in [0.5, 0.6) is 0 Å². The second kappa shape index (κ2) is 6.84. The average Bonchev–Trinajstić information content (AvgIpc) is 2.38. The summed E-state index contributed by atoms with van der Waals surface area (Å²) in [6, 6.07) is 3.55. The first kappa shape index (κ1) is 15.1. The number of carbonyl (C=O) groups excluding carboxylic acids is 2. The quantitative estimate of drug-likeness (QED) is 0.264. The van der Waals surface area contributed by atoms with Gasteiger partial charge in [-0.15, -0.1) is 11.6 Å². The van der Waals surface area contributed by atoms with Gasteiger partial charge in [0.15, 0.2) is 5.78 Å². The fourth-order valence-electron chi connectivity index (χ4n) is 1.48. The molecule has 0 amide bonds. The Bertz CT molecular complexity index is 515. The Morgan fingerprint density at radius 2 is 2.11 bits per heavy atom. The lowest BCUT2D eigenvalue weighted by molar-refractivity contribution is -0.385. The second-order valence-electron chi connectivity index (χ2n) is 3.57. The summed E-state index contributed by atoms with van der Waals surface area (Å²) in [5.41, 5.74) is -0.371. The van der Waals surface area contributed by atoms with E-state index in [1.54, 1.807) is 6.92 Å². The van der Waals surface area contributed by atoms with Crippen molar-refractivity contribution in [3.05, 3.63) is 39.4 Å². The lowest BCUT2D eigenvalue weighted by Crippen LogP contribution is -2.09. The fraction of sp³-hybridized carbons (Fsp3) is 0.333. The number of hydrogen-bond acceptors (Lipinski definition) is 5. The molecule has 0 fully saturated rings. The Kier molecular flexibility index (Phi) is 5.44. The maximum atomic E-state index is 11.8. The maximum Gasteiger partial charge on any atom is 0.338 e. The molecule has 0 atom stereocenters. The molecule has 0 saturated heterocycles. The van der Waals surface area contributed by atoms with Gasteiger partial charge >= 0.3 is 5.97 Å². The predicted octanol–water partition coefficient (Wildman–Crippen LogP) is 2.58. The molecule has 0 bridgehead atoms. The van der Waals surface area contributed by atoms with Gasteiger partial charge < -0.3 is 4.74 Å². The van der Waals surface area contributed by atoms with Crippen molar-refractivity contribution >= 4 is 29.0 Å². The summed E-state index contributed by atoms with van der Waals surface area (Å²) in [6.07, 6.45) is -0.0331. The molecule has 0 saturated carbocycles. The largest absolute Gasteiger partial charge is 0.462 e. The molecule has 0 aliphatic rings. The van der Waals surface area contributed by atoms with Gasteiger partial charge in [0.1, 0.15) is 0 Å². The third-order valence-corrected chi connectivity index (χ3v) is 2.52. The zero-order chi connectivity index (χ0) is 14.4. The predicted molar refractivity (Wildman–Crippen MR) is 68.7 cm³/mol. The fourth-order valence-corrected chi connectivity index (χ4v) is 1.65. The topological polar surface area (TPSA) is 86.5 Å². The zero-order valence-corrected chi connectivity index (χ0v) is 11.0. The van der Waals surface area contributed by atoms with Crippen molar-refractivity contribution in [2.24, 2.45) is 0 Å². The molecule has 0 spiro atoms. The van der Waals surface area contributed by atoms with Crippen LogP contribution in [0, 0.1) is 10.1 Å². The highest BCUT2D eigenvalue weighted by Gasteiger charge is 2.22. The monoisotopic (exact) mass is 285 g/mol. The summed E-state index contributed by atoms with van der Waals surface area (Å²) in [4.78, 5) is 33.5. The minimum Gasteiger partial charge on any atom is -0.462 e. The molecule has 1 aromatic carbocycles. The van der Waals surface area contributed by atoms with Gasteiger partial charge in [-0.25, -0.2) is 4.79 Å². The molecule has 1 aromatic rings. The number of esters is 1. The van der Waals surface area contributed by atoms with E-state index in [1.807, 2.05) is 0 Å². The third-order valence-electron chi connectivity index (χ3n) is 2.33. The van der Waals surface area contributed by atoms with Crippen molar-refractivity contribution in [3.63, 3.8) is 0 Å². The summed E-state index contributed by atoms with van der Waals surface area (Å²) in [5.74, 6) is -1.05. The van der Waals surface area contributed by atoms with Gasteiger partial charge in [0.2, 0.25) is 0 Å². The lowest BCUT2D eigenvalue weighted by atomic mass is 10.0. The second-order valence-corrected chi connectivity index (χ2v) is 3.95. The number of hydrogen-bond donors (Lipinski definition) is 0. The van der Waals surface area contributed by atoms with Crippen LogP contribution < -0.4 is 0 Å². The van der Waals surface area contributed by atoms with Crippen LogP contribution in [-0.4, -0.2) is 29.2 Å². The lowest BCUT2D eigenvalue weighted by Gasteiger charge is -2.05. The van der Waals surface area contributed by atoms with E-state index in [-0.39, 0.29) is 35.7 Å². The molecular formula is C12H12ClNO5. The standard InChI is InChI=1S/C12H12ClNO5/c1-2-19-12(16)8-3-4-10(14(17)18)9(7-8)11(15)5-6-13/h3-4,7H,2,5-6H2,1H3. The normalized spacial score (nSPS) is 10.0. The molecule has 7 heteroatoms. The molecule has 1 rings (SSSR count). The van der Waals surface area contributed by atoms with Crippen LogP contribution in [0.25, 0.3) is 0 Å². The molecule has 0 N–H and O–H groups in total. The number of nitrogens with zero attached hydrogens (tertiary/aromatic N) is 1. The molecular weight excluding hydrogens is 274 g/mol. The SMILES string of the molecule is CCOC(=O)c1ccc([N+](=O)[O-])c(C(=O)CCCl)c1. The van der Waals surface area contributed by atoms with E-state index in [0.717, 1.165) is 6.07 Å². The molecule has 0 aromatic heterocycles. The number of nitro benzene ring substituents is 1. The molecule has 102 valence electrons. The van der Waals surface area contributed by atoms with Crippen molar-refractivity contribution in [1.29, 1.82) is 0 Å². The Morgan fingerprint density at radius 3 is 2.63 bits per heavy atom. The summed E-state index contributed by atoms with van der Waals surface area (Å²) in [7, 11) is 0. The number of halogens is 1. The Morgan fingerprint density at radius 1 is 1.42 bits per heavy atom. The highest BCUT2D eigenvalue weighted by molar-refractivity contribution is 6.19. The summed E-state index contributed by atoms with van der Waals surface area (Å²) in [6.45, 7) is 1.82. The molecule has 0 unspecified atom stereocenters. The van der Waals surface area contributed by atoms with Crippen LogP contribution in [0.1, 0.15) is 34.1 Å². The summed E-state index contributed by atoms with van der Waals surface area (Å²) >= 11 is 5.45. The maximum absolute atomic E-state index is 11.8. The molecule has 19 heavy (non-hydrogen) atoms. The van der Waals surface area contributed by atoms with Gasteiger partial charge in [-0.1, -0.05) is 0 Å². The number of carbonyl (C=O) groups is 2. The number of Topliss-reactive ketones (excluding diaryl/α,β-unsaturated/α-hetero) is 1. The van der Waals surface area contributed by atoms with Crippen molar-refractivity contribution < 1.29 is 19.2 Å². The van der Waals surface area contributed by atoms with Crippen molar-refractivity contribution in [1.82, 2.24) is 0 Å². The van der Waals surface area contributed by atoms with Crippen molar-refractivity contribution in [2.75, 3.05) is 12.5 Å². The third kappa shape index (κ3) is 3.75. The summed E-state index contributed by atoms with van der Waals surface area (Å²) in [5, 5.41) is 10.8. The number of alkyl halides is 1. The minimum atomic E-state index is -0.670. The van der Waals surface area contributed by atoms with Crippen molar-refractivity contribution in [3.8, 4) is 0 Å². The van der Waals surface area contributed by atoms with Gasteiger partial charge in [-0.3, -0.25) is 14.9 Å². The van der Waals surface area contributed by atoms with E-state index in [0.29, 0.717) is 0 Å². The Balaban J connectivity index is 3.22. The number of rotatable bonds is 6. The molecule has 0 aliphatic carbocycles. The molecule has 6 nitrogen and oxygen atoms in total. The van der Waals surface area contributed by atoms with E-state index in [9.17, 15) is 19.7 Å². The number of nitro groups is 1. The van der Waals surface area contributed by atoms with Gasteiger partial charge in [-0.2, -0.15) is 0 Å². The average molecular weight is 286 g/mol. The van der Waals surface area contributed by atoms with Crippen LogP contribution >= 0.6 is 11.6 Å². The molecule has 0 radical (unpaired) electrons. The van der Waals surface area contributed by atoms with E-state index < -0.39 is 16.7 Å². The summed E-state index contributed by atoms with van der Waals surface area (Å²) < 4.78 is 4.78. The molecule has 0 heterocycles. The first-order valence-corrected chi connectivity index (χ1v) is 6.09. The van der Waals surface area contributed by atoms with Crippen molar-refractivity contribution in [2.45, 2.75) is 13.3 Å². The number of ether oxygens (including phenoxy) is 1. The van der Waals surface area contributed by atoms with Gasteiger partial charge in [0, 0.05) is 18.4 Å². The van der Waals surface area contributed by atoms with E-state index >= 15 is 0 Å². The van der Waals surface area contributed by atoms with Gasteiger partial charge in [-0.05, 0) is 19.1 Å². The van der Waals surface area contributed by atoms with E-state index in [4.69, 9.17) is 16.3 Å². The van der Waals surface area contributed by atoms with Crippen LogP contribution in [0.3, 0.4) is 0 Å². The van der Waals surface area contributed by atoms with E-state index in [1.165, 1.54) is 12.1 Å². The molecule has 0 aliphatic heterocycles. The van der Waals surface area contributed by atoms with Crippen LogP contribution in [0.15, 0.2) is 18.2 Å². The van der Waals surface area contributed by atoms with Crippen LogP contribution in [0.2, 0.25) is 0 Å². The highest BCUT2D eigenvalue weighted by atomic mass is 35.5. The number of ketones is 1. The minimum absolute atomic E-state index is 0.0331. The number of benzene rings is 1. The van der Waals surface area contributed by atoms with Gasteiger partial charge in [0.25, 0.3) is 5.69 Å². The smallest absolute Gasteiger partial charge is 0.338 e. The highest BCUT2D eigenvalue weighted by Crippen LogP contribution is 2.22. The zero-order valence-electron chi connectivity index (χ0n) is 10.2. The first-order valence-electron chi connectivity index (χ1n) is 5.56.